The first kappa shape index (κ1) is 12.4. The molecule has 1 aliphatic heterocycles. The van der Waals surface area contributed by atoms with E-state index >= 15 is 0 Å². The highest BCUT2D eigenvalue weighted by atomic mass is 32.1. The fourth-order valence-corrected chi connectivity index (χ4v) is 3.18. The summed E-state index contributed by atoms with van der Waals surface area (Å²) in [6, 6.07) is 17.9. The highest BCUT2D eigenvalue weighted by molar-refractivity contribution is 7.13. The Morgan fingerprint density at radius 2 is 1.71 bits per heavy atom. The maximum Gasteiger partial charge on any atom is 0.175 e. The number of thiazole rings is 1. The first-order chi connectivity index (χ1) is 10.4. The van der Waals surface area contributed by atoms with Crippen molar-refractivity contribution in [3.63, 3.8) is 0 Å². The molecule has 3 aromatic rings. The van der Waals surface area contributed by atoms with Crippen LogP contribution in [-0.4, -0.2) is 11.6 Å². The molecule has 1 atom stereocenters. The van der Waals surface area contributed by atoms with Crippen LogP contribution in [-0.2, 0) is 0 Å². The molecule has 0 bridgehead atoms. The van der Waals surface area contributed by atoms with Crippen molar-refractivity contribution in [3.05, 3.63) is 65.7 Å². The van der Waals surface area contributed by atoms with E-state index in [9.17, 15) is 0 Å². The highest BCUT2D eigenvalue weighted by Gasteiger charge is 2.24. The molecule has 1 aliphatic rings. The van der Waals surface area contributed by atoms with Crippen LogP contribution in [0.4, 0.5) is 0 Å². The Morgan fingerprint density at radius 1 is 0.952 bits per heavy atom. The van der Waals surface area contributed by atoms with Gasteiger partial charge in [0.2, 0.25) is 0 Å². The van der Waals surface area contributed by atoms with E-state index in [4.69, 9.17) is 14.5 Å². The molecule has 2 heterocycles. The third kappa shape index (κ3) is 2.38. The van der Waals surface area contributed by atoms with Crippen LogP contribution in [0.2, 0.25) is 0 Å². The van der Waals surface area contributed by atoms with Gasteiger partial charge in [-0.1, -0.05) is 42.5 Å². The molecule has 21 heavy (non-hydrogen) atoms. The minimum atomic E-state index is -0.145. The summed E-state index contributed by atoms with van der Waals surface area (Å²) in [6.07, 6.45) is -0.145. The molecule has 2 aromatic carbocycles. The average molecular weight is 295 g/mol. The van der Waals surface area contributed by atoms with Crippen molar-refractivity contribution < 1.29 is 9.47 Å². The maximum absolute atomic E-state index is 5.99. The Kier molecular flexibility index (Phi) is 3.09. The van der Waals surface area contributed by atoms with Gasteiger partial charge in [0.25, 0.3) is 0 Å². The lowest BCUT2D eigenvalue weighted by Gasteiger charge is -2.25. The maximum atomic E-state index is 5.99. The molecule has 4 heteroatoms. The van der Waals surface area contributed by atoms with Crippen LogP contribution >= 0.6 is 11.3 Å². The zero-order valence-corrected chi connectivity index (χ0v) is 12.0. The minimum absolute atomic E-state index is 0.145. The number of para-hydroxylation sites is 2. The third-order valence-corrected chi connectivity index (χ3v) is 4.29. The summed E-state index contributed by atoms with van der Waals surface area (Å²) in [5, 5.41) is 3.05. The Morgan fingerprint density at radius 3 is 2.57 bits per heavy atom. The molecule has 4 rings (SSSR count). The number of benzene rings is 2. The Labute approximate surface area is 126 Å². The summed E-state index contributed by atoms with van der Waals surface area (Å²) >= 11 is 1.63. The Balaban J connectivity index is 1.60. The monoisotopic (exact) mass is 295 g/mol. The molecule has 0 radical (unpaired) electrons. The average Bonchev–Trinajstić information content (AvgIpc) is 3.05. The largest absolute Gasteiger partial charge is 0.485 e. The molecule has 104 valence electrons. The zero-order valence-electron chi connectivity index (χ0n) is 11.2. The van der Waals surface area contributed by atoms with Gasteiger partial charge in [-0.05, 0) is 12.1 Å². The van der Waals surface area contributed by atoms with E-state index in [0.29, 0.717) is 6.61 Å². The quantitative estimate of drug-likeness (QED) is 0.705. The van der Waals surface area contributed by atoms with Gasteiger partial charge in [-0.25, -0.2) is 4.98 Å². The van der Waals surface area contributed by atoms with Crippen LogP contribution in [0.15, 0.2) is 60.0 Å². The molecule has 0 N–H and O–H groups in total. The van der Waals surface area contributed by atoms with Crippen LogP contribution in [0.5, 0.6) is 11.5 Å². The fraction of sp³-hybridized carbons (Fsp3) is 0.118. The normalized spacial score (nSPS) is 16.7. The summed E-state index contributed by atoms with van der Waals surface area (Å²) in [7, 11) is 0. The van der Waals surface area contributed by atoms with Crippen molar-refractivity contribution in [1.29, 1.82) is 0 Å². The van der Waals surface area contributed by atoms with Crippen LogP contribution < -0.4 is 9.47 Å². The van der Waals surface area contributed by atoms with Crippen molar-refractivity contribution in [2.75, 3.05) is 6.61 Å². The number of aromatic nitrogens is 1. The van der Waals surface area contributed by atoms with E-state index in [-0.39, 0.29) is 6.10 Å². The first-order valence-electron chi connectivity index (χ1n) is 6.79. The second-order valence-electron chi connectivity index (χ2n) is 4.81. The predicted molar refractivity (Wildman–Crippen MR) is 82.9 cm³/mol. The van der Waals surface area contributed by atoms with Gasteiger partial charge in [0.05, 0.1) is 5.69 Å². The fourth-order valence-electron chi connectivity index (χ4n) is 2.31. The molecule has 0 fully saturated rings. The van der Waals surface area contributed by atoms with Crippen LogP contribution in [0.1, 0.15) is 11.8 Å². The van der Waals surface area contributed by atoms with E-state index in [1.807, 2.05) is 47.8 Å². The molecule has 0 amide bonds. The van der Waals surface area contributed by atoms with E-state index in [1.165, 1.54) is 0 Å². The number of fused-ring (bicyclic) bond motifs is 1. The van der Waals surface area contributed by atoms with Crippen LogP contribution in [0.25, 0.3) is 10.6 Å². The standard InChI is InChI=1S/C17H13NO2S/c1-2-6-12(7-3-1)17-18-13(11-21-17)16-10-19-14-8-4-5-9-15(14)20-16/h1-9,11,16H,10H2. The lowest BCUT2D eigenvalue weighted by molar-refractivity contribution is 0.0888. The van der Waals surface area contributed by atoms with Gasteiger partial charge in [0, 0.05) is 10.9 Å². The van der Waals surface area contributed by atoms with Gasteiger partial charge < -0.3 is 9.47 Å². The van der Waals surface area contributed by atoms with Crippen LogP contribution in [0.3, 0.4) is 0 Å². The highest BCUT2D eigenvalue weighted by Crippen LogP contribution is 2.36. The molecule has 0 spiro atoms. The van der Waals surface area contributed by atoms with Gasteiger partial charge in [-0.3, -0.25) is 0 Å². The molecule has 1 unspecified atom stereocenters. The number of nitrogens with zero attached hydrogens (tertiary/aromatic N) is 1. The minimum Gasteiger partial charge on any atom is -0.485 e. The van der Waals surface area contributed by atoms with Gasteiger partial charge in [0.15, 0.2) is 17.6 Å². The molecule has 3 nitrogen and oxygen atoms in total. The van der Waals surface area contributed by atoms with E-state index in [0.717, 1.165) is 27.8 Å². The van der Waals surface area contributed by atoms with Crippen molar-refractivity contribution in [2.45, 2.75) is 6.10 Å². The third-order valence-electron chi connectivity index (χ3n) is 3.38. The van der Waals surface area contributed by atoms with Crippen molar-refractivity contribution in [2.24, 2.45) is 0 Å². The summed E-state index contributed by atoms with van der Waals surface area (Å²) < 4.78 is 11.7. The number of hydrogen-bond acceptors (Lipinski definition) is 4. The number of hydrogen-bond donors (Lipinski definition) is 0. The zero-order chi connectivity index (χ0) is 14.1. The molecule has 1 aromatic heterocycles. The Hall–Kier alpha value is -2.33. The Bertz CT molecular complexity index is 754. The molecule has 0 saturated heterocycles. The smallest absolute Gasteiger partial charge is 0.175 e. The topological polar surface area (TPSA) is 31.4 Å². The predicted octanol–water partition coefficient (Wildman–Crippen LogP) is 4.32. The molecule has 0 saturated carbocycles. The summed E-state index contributed by atoms with van der Waals surface area (Å²) in [5.74, 6) is 1.58. The lowest BCUT2D eigenvalue weighted by atomic mass is 10.2. The van der Waals surface area contributed by atoms with E-state index < -0.39 is 0 Å². The van der Waals surface area contributed by atoms with Gasteiger partial charge >= 0.3 is 0 Å². The van der Waals surface area contributed by atoms with Crippen molar-refractivity contribution in [3.8, 4) is 22.1 Å². The molecular formula is C17H13NO2S. The van der Waals surface area contributed by atoms with Crippen molar-refractivity contribution >= 4 is 11.3 Å². The lowest BCUT2D eigenvalue weighted by Crippen LogP contribution is -2.21. The van der Waals surface area contributed by atoms with Gasteiger partial charge in [0.1, 0.15) is 11.6 Å². The van der Waals surface area contributed by atoms with Crippen LogP contribution in [0, 0.1) is 0 Å². The van der Waals surface area contributed by atoms with Gasteiger partial charge in [-0.2, -0.15) is 0 Å². The number of rotatable bonds is 2. The molecule has 0 aliphatic carbocycles. The second-order valence-corrected chi connectivity index (χ2v) is 5.67. The summed E-state index contributed by atoms with van der Waals surface area (Å²) in [4.78, 5) is 4.69. The summed E-state index contributed by atoms with van der Waals surface area (Å²) in [5.41, 5.74) is 2.05. The van der Waals surface area contributed by atoms with Gasteiger partial charge in [-0.15, -0.1) is 11.3 Å². The van der Waals surface area contributed by atoms with E-state index in [1.54, 1.807) is 11.3 Å². The summed E-state index contributed by atoms with van der Waals surface area (Å²) in [6.45, 7) is 0.495. The number of ether oxygens (including phenoxy) is 2. The van der Waals surface area contributed by atoms with E-state index in [2.05, 4.69) is 12.1 Å². The second kappa shape index (κ2) is 5.22. The SMILES string of the molecule is c1ccc(-c2nc(C3COc4ccccc4O3)cs2)cc1. The first-order valence-corrected chi connectivity index (χ1v) is 7.67. The molecular weight excluding hydrogens is 282 g/mol. The van der Waals surface area contributed by atoms with Crippen molar-refractivity contribution in [1.82, 2.24) is 4.98 Å².